The predicted molar refractivity (Wildman–Crippen MR) is 90.7 cm³/mol. The van der Waals surface area contributed by atoms with Crippen LogP contribution in [0.2, 0.25) is 0 Å². The Kier molecular flexibility index (Phi) is 4.17. The lowest BCUT2D eigenvalue weighted by atomic mass is 9.85. The zero-order chi connectivity index (χ0) is 16.5. The summed E-state index contributed by atoms with van der Waals surface area (Å²) in [5, 5.41) is 7.22. The zero-order valence-electron chi connectivity index (χ0n) is 14.3. The number of piperidine rings is 1. The Morgan fingerprint density at radius 3 is 3.08 bits per heavy atom. The lowest BCUT2D eigenvalue weighted by molar-refractivity contribution is -0.137. The standard InChI is InChI=1S/C19H25N3O2/c1-2-13-9-10-18(24-13)17-8-3-4-11-22(17)19(23)14-6-5-7-16-15(14)12-20-21-16/h9-10,12,14,17H,2-8,11H2,1H3,(H,20,21). The van der Waals surface area contributed by atoms with Gasteiger partial charge in [-0.05, 0) is 50.7 Å². The van der Waals surface area contributed by atoms with E-state index in [1.54, 1.807) is 0 Å². The van der Waals surface area contributed by atoms with Gasteiger partial charge in [0.15, 0.2) is 0 Å². The normalized spacial score (nSPS) is 24.0. The number of nitrogens with zero attached hydrogens (tertiary/aromatic N) is 2. The molecule has 3 heterocycles. The Labute approximate surface area is 142 Å². The molecule has 2 aromatic heterocycles. The maximum atomic E-state index is 13.3. The quantitative estimate of drug-likeness (QED) is 0.934. The minimum atomic E-state index is -0.0475. The van der Waals surface area contributed by atoms with E-state index in [4.69, 9.17) is 4.42 Å². The molecule has 1 fully saturated rings. The Morgan fingerprint density at radius 2 is 2.25 bits per heavy atom. The number of hydrogen-bond donors (Lipinski definition) is 1. The van der Waals surface area contributed by atoms with Crippen molar-refractivity contribution in [3.8, 4) is 0 Å². The van der Waals surface area contributed by atoms with Gasteiger partial charge < -0.3 is 9.32 Å². The highest BCUT2D eigenvalue weighted by molar-refractivity contribution is 5.84. The van der Waals surface area contributed by atoms with Gasteiger partial charge in [0, 0.05) is 24.2 Å². The maximum Gasteiger partial charge on any atom is 0.230 e. The van der Waals surface area contributed by atoms with E-state index in [2.05, 4.69) is 28.1 Å². The number of rotatable bonds is 3. The van der Waals surface area contributed by atoms with Crippen LogP contribution in [-0.4, -0.2) is 27.5 Å². The molecule has 2 unspecified atom stereocenters. The van der Waals surface area contributed by atoms with E-state index in [1.165, 1.54) is 0 Å². The highest BCUT2D eigenvalue weighted by Gasteiger charge is 2.36. The SMILES string of the molecule is CCc1ccc(C2CCCCN2C(=O)C2CCCc3[nH]ncc32)o1. The molecule has 128 valence electrons. The molecule has 2 aromatic rings. The Bertz CT molecular complexity index is 718. The van der Waals surface area contributed by atoms with Crippen LogP contribution in [0.15, 0.2) is 22.7 Å². The summed E-state index contributed by atoms with van der Waals surface area (Å²) in [7, 11) is 0. The van der Waals surface area contributed by atoms with Crippen molar-refractivity contribution in [1.82, 2.24) is 15.1 Å². The van der Waals surface area contributed by atoms with Crippen molar-refractivity contribution in [1.29, 1.82) is 0 Å². The minimum Gasteiger partial charge on any atom is -0.464 e. The molecular formula is C19H25N3O2. The highest BCUT2D eigenvalue weighted by atomic mass is 16.3. The van der Waals surface area contributed by atoms with E-state index in [-0.39, 0.29) is 17.9 Å². The molecule has 1 saturated heterocycles. The summed E-state index contributed by atoms with van der Waals surface area (Å²) >= 11 is 0. The second kappa shape index (κ2) is 6.46. The van der Waals surface area contributed by atoms with Crippen LogP contribution in [0.4, 0.5) is 0 Å². The third kappa shape index (κ3) is 2.66. The first kappa shape index (κ1) is 15.5. The second-order valence-electron chi connectivity index (χ2n) is 6.95. The maximum absolute atomic E-state index is 13.3. The number of aryl methyl sites for hydroxylation is 2. The number of H-pyrrole nitrogens is 1. The fourth-order valence-corrected chi connectivity index (χ4v) is 4.17. The number of nitrogens with one attached hydrogen (secondary N) is 1. The van der Waals surface area contributed by atoms with Crippen LogP contribution in [0.1, 0.15) is 73.8 Å². The Balaban J connectivity index is 1.60. The Hall–Kier alpha value is -2.04. The van der Waals surface area contributed by atoms with Crippen LogP contribution in [0.25, 0.3) is 0 Å². The molecule has 24 heavy (non-hydrogen) atoms. The van der Waals surface area contributed by atoms with Gasteiger partial charge in [0.2, 0.25) is 5.91 Å². The summed E-state index contributed by atoms with van der Waals surface area (Å²) in [5.74, 6) is 2.14. The molecule has 2 atom stereocenters. The van der Waals surface area contributed by atoms with Crippen LogP contribution < -0.4 is 0 Å². The van der Waals surface area contributed by atoms with Crippen molar-refractivity contribution in [2.24, 2.45) is 0 Å². The van der Waals surface area contributed by atoms with Crippen molar-refractivity contribution >= 4 is 5.91 Å². The topological polar surface area (TPSA) is 62.1 Å². The summed E-state index contributed by atoms with van der Waals surface area (Å²) in [6.45, 7) is 2.92. The van der Waals surface area contributed by atoms with Crippen LogP contribution in [0.5, 0.6) is 0 Å². The van der Waals surface area contributed by atoms with Crippen molar-refractivity contribution < 1.29 is 9.21 Å². The van der Waals surface area contributed by atoms with E-state index in [0.29, 0.717) is 0 Å². The van der Waals surface area contributed by atoms with E-state index in [0.717, 1.165) is 74.3 Å². The second-order valence-corrected chi connectivity index (χ2v) is 6.95. The molecule has 0 spiro atoms. The molecule has 1 amide bonds. The lowest BCUT2D eigenvalue weighted by Gasteiger charge is -2.37. The number of hydrogen-bond acceptors (Lipinski definition) is 3. The number of aromatic amines is 1. The van der Waals surface area contributed by atoms with Gasteiger partial charge in [-0.15, -0.1) is 0 Å². The minimum absolute atomic E-state index is 0.0475. The third-order valence-electron chi connectivity index (χ3n) is 5.49. The van der Waals surface area contributed by atoms with Crippen molar-refractivity contribution in [2.45, 2.75) is 63.8 Å². The largest absolute Gasteiger partial charge is 0.464 e. The lowest BCUT2D eigenvalue weighted by Crippen LogP contribution is -2.41. The number of carbonyl (C=O) groups is 1. The molecule has 0 saturated carbocycles. The summed E-state index contributed by atoms with van der Waals surface area (Å²) in [4.78, 5) is 15.4. The van der Waals surface area contributed by atoms with Crippen molar-refractivity contribution in [2.75, 3.05) is 6.54 Å². The average molecular weight is 327 g/mol. The molecule has 2 aliphatic rings. The van der Waals surface area contributed by atoms with Crippen LogP contribution in [0, 0.1) is 0 Å². The zero-order valence-corrected chi connectivity index (χ0v) is 14.3. The third-order valence-corrected chi connectivity index (χ3v) is 5.49. The number of likely N-dealkylation sites (tertiary alicyclic amines) is 1. The van der Waals surface area contributed by atoms with E-state index in [9.17, 15) is 4.79 Å². The molecule has 1 aliphatic heterocycles. The van der Waals surface area contributed by atoms with Gasteiger partial charge in [0.1, 0.15) is 11.5 Å². The van der Waals surface area contributed by atoms with Gasteiger partial charge >= 0.3 is 0 Å². The smallest absolute Gasteiger partial charge is 0.230 e. The van der Waals surface area contributed by atoms with Crippen LogP contribution in [0.3, 0.4) is 0 Å². The number of fused-ring (bicyclic) bond motifs is 1. The fourth-order valence-electron chi connectivity index (χ4n) is 4.17. The molecular weight excluding hydrogens is 302 g/mol. The molecule has 0 radical (unpaired) electrons. The van der Waals surface area contributed by atoms with Gasteiger partial charge in [-0.3, -0.25) is 9.89 Å². The number of furan rings is 1. The average Bonchev–Trinajstić information content (AvgIpc) is 3.29. The number of amides is 1. The Morgan fingerprint density at radius 1 is 1.33 bits per heavy atom. The first-order valence-electron chi connectivity index (χ1n) is 9.19. The molecule has 5 nitrogen and oxygen atoms in total. The summed E-state index contributed by atoms with van der Waals surface area (Å²) in [5.41, 5.74) is 2.24. The van der Waals surface area contributed by atoms with Crippen molar-refractivity contribution in [3.05, 3.63) is 41.1 Å². The molecule has 4 rings (SSSR count). The van der Waals surface area contributed by atoms with Gasteiger partial charge in [-0.2, -0.15) is 5.10 Å². The number of carbonyl (C=O) groups excluding carboxylic acids is 1. The molecule has 1 aliphatic carbocycles. The molecule has 0 bridgehead atoms. The monoisotopic (exact) mass is 327 g/mol. The van der Waals surface area contributed by atoms with Gasteiger partial charge in [0.05, 0.1) is 18.2 Å². The summed E-state index contributed by atoms with van der Waals surface area (Å²) in [6.07, 6.45) is 8.93. The predicted octanol–water partition coefficient (Wildman–Crippen LogP) is 3.74. The van der Waals surface area contributed by atoms with E-state index in [1.807, 2.05) is 12.3 Å². The number of aromatic nitrogens is 2. The van der Waals surface area contributed by atoms with Crippen LogP contribution >= 0.6 is 0 Å². The molecule has 0 aromatic carbocycles. The van der Waals surface area contributed by atoms with Gasteiger partial charge in [-0.25, -0.2) is 0 Å². The van der Waals surface area contributed by atoms with Gasteiger partial charge in [0.25, 0.3) is 0 Å². The first-order chi connectivity index (χ1) is 11.8. The molecule has 5 heteroatoms. The van der Waals surface area contributed by atoms with Crippen LogP contribution in [-0.2, 0) is 17.6 Å². The first-order valence-corrected chi connectivity index (χ1v) is 9.19. The van der Waals surface area contributed by atoms with Crippen molar-refractivity contribution in [3.63, 3.8) is 0 Å². The van der Waals surface area contributed by atoms with Gasteiger partial charge in [-0.1, -0.05) is 6.92 Å². The summed E-state index contributed by atoms with van der Waals surface area (Å²) < 4.78 is 5.98. The van der Waals surface area contributed by atoms with E-state index < -0.39 is 0 Å². The molecule has 1 N–H and O–H groups in total. The fraction of sp³-hybridized carbons (Fsp3) is 0.579. The van der Waals surface area contributed by atoms with E-state index >= 15 is 0 Å². The summed E-state index contributed by atoms with van der Waals surface area (Å²) in [6, 6.07) is 4.18. The highest BCUT2D eigenvalue weighted by Crippen LogP contribution is 2.38.